The van der Waals surface area contributed by atoms with Gasteiger partial charge in [0, 0.05) is 0 Å². The highest BCUT2D eigenvalue weighted by Gasteiger charge is 2.40. The third-order valence-corrected chi connectivity index (χ3v) is 3.29. The van der Waals surface area contributed by atoms with E-state index in [0.29, 0.717) is 12.8 Å². The molecule has 1 N–H and O–H groups in total. The van der Waals surface area contributed by atoms with Gasteiger partial charge in [-0.2, -0.15) is 0 Å². The molecule has 0 aromatic heterocycles. The van der Waals surface area contributed by atoms with E-state index in [9.17, 15) is 9.90 Å². The van der Waals surface area contributed by atoms with Crippen molar-refractivity contribution < 1.29 is 14.6 Å². The maximum absolute atomic E-state index is 11.9. The van der Waals surface area contributed by atoms with Gasteiger partial charge in [0.1, 0.15) is 5.60 Å². The summed E-state index contributed by atoms with van der Waals surface area (Å²) in [6, 6.07) is 0. The summed E-state index contributed by atoms with van der Waals surface area (Å²) in [5.41, 5.74) is -1.32. The monoisotopic (exact) mass is 228 g/mol. The van der Waals surface area contributed by atoms with Crippen LogP contribution < -0.4 is 0 Å². The van der Waals surface area contributed by atoms with Gasteiger partial charge in [-0.1, -0.05) is 19.3 Å². The Bertz CT molecular complexity index is 246. The van der Waals surface area contributed by atoms with E-state index in [0.717, 1.165) is 19.3 Å². The summed E-state index contributed by atoms with van der Waals surface area (Å²) in [7, 11) is 0. The molecule has 0 bridgehead atoms. The summed E-state index contributed by atoms with van der Waals surface area (Å²) in [6.07, 6.45) is 4.59. The SMILES string of the molecule is CC(C(=O)OC(C)(C)C)C1(O)CCCCC1. The Labute approximate surface area is 98.2 Å². The van der Waals surface area contributed by atoms with Crippen molar-refractivity contribution in [2.75, 3.05) is 0 Å². The van der Waals surface area contributed by atoms with Gasteiger partial charge in [-0.3, -0.25) is 4.79 Å². The molecule has 0 radical (unpaired) electrons. The van der Waals surface area contributed by atoms with Gasteiger partial charge in [-0.25, -0.2) is 0 Å². The first kappa shape index (κ1) is 13.5. The summed E-state index contributed by atoms with van der Waals surface area (Å²) in [6.45, 7) is 7.33. The Balaban J connectivity index is 2.61. The fourth-order valence-electron chi connectivity index (χ4n) is 2.21. The van der Waals surface area contributed by atoms with Gasteiger partial charge in [0.25, 0.3) is 0 Å². The Morgan fingerprint density at radius 3 is 2.19 bits per heavy atom. The van der Waals surface area contributed by atoms with Crippen LogP contribution in [-0.4, -0.2) is 22.3 Å². The van der Waals surface area contributed by atoms with Crippen molar-refractivity contribution in [3.63, 3.8) is 0 Å². The Morgan fingerprint density at radius 2 is 1.75 bits per heavy atom. The summed E-state index contributed by atoms with van der Waals surface area (Å²) >= 11 is 0. The first-order valence-corrected chi connectivity index (χ1v) is 6.20. The molecule has 1 aliphatic carbocycles. The molecule has 94 valence electrons. The van der Waals surface area contributed by atoms with Crippen LogP contribution in [0.15, 0.2) is 0 Å². The Hall–Kier alpha value is -0.570. The number of carbonyl (C=O) groups excluding carboxylic acids is 1. The van der Waals surface area contributed by atoms with Crippen molar-refractivity contribution in [3.8, 4) is 0 Å². The van der Waals surface area contributed by atoms with Crippen LogP contribution in [0.3, 0.4) is 0 Å². The number of hydrogen-bond donors (Lipinski definition) is 1. The molecule has 16 heavy (non-hydrogen) atoms. The Morgan fingerprint density at radius 1 is 1.25 bits per heavy atom. The van der Waals surface area contributed by atoms with Crippen molar-refractivity contribution >= 4 is 5.97 Å². The molecule has 1 unspecified atom stereocenters. The lowest BCUT2D eigenvalue weighted by atomic mass is 9.76. The predicted molar refractivity (Wildman–Crippen MR) is 63.0 cm³/mol. The zero-order valence-corrected chi connectivity index (χ0v) is 10.9. The normalized spacial score (nSPS) is 22.6. The number of carbonyl (C=O) groups is 1. The molecule has 0 saturated heterocycles. The summed E-state index contributed by atoms with van der Waals surface area (Å²) in [5, 5.41) is 10.4. The molecule has 3 heteroatoms. The van der Waals surface area contributed by atoms with Crippen LogP contribution in [-0.2, 0) is 9.53 Å². The van der Waals surface area contributed by atoms with Crippen LogP contribution in [0, 0.1) is 5.92 Å². The lowest BCUT2D eigenvalue weighted by molar-refractivity contribution is -0.171. The summed E-state index contributed by atoms with van der Waals surface area (Å²) in [5.74, 6) is -0.705. The van der Waals surface area contributed by atoms with Crippen LogP contribution in [0.5, 0.6) is 0 Å². The van der Waals surface area contributed by atoms with E-state index in [4.69, 9.17) is 4.74 Å². The van der Waals surface area contributed by atoms with Crippen molar-refractivity contribution in [2.45, 2.75) is 71.0 Å². The van der Waals surface area contributed by atoms with Gasteiger partial charge in [0.15, 0.2) is 0 Å². The number of aliphatic hydroxyl groups is 1. The molecule has 0 heterocycles. The molecule has 0 aromatic carbocycles. The average molecular weight is 228 g/mol. The van der Waals surface area contributed by atoms with Crippen molar-refractivity contribution in [2.24, 2.45) is 5.92 Å². The van der Waals surface area contributed by atoms with Gasteiger partial charge in [0.2, 0.25) is 0 Å². The molecule has 1 atom stereocenters. The average Bonchev–Trinajstić information content (AvgIpc) is 2.15. The molecule has 1 saturated carbocycles. The molecule has 1 rings (SSSR count). The van der Waals surface area contributed by atoms with Crippen LogP contribution in [0.25, 0.3) is 0 Å². The van der Waals surface area contributed by atoms with Crippen LogP contribution >= 0.6 is 0 Å². The van der Waals surface area contributed by atoms with Crippen molar-refractivity contribution in [3.05, 3.63) is 0 Å². The van der Waals surface area contributed by atoms with Crippen LogP contribution in [0.2, 0.25) is 0 Å². The molecule has 1 fully saturated rings. The van der Waals surface area contributed by atoms with Crippen molar-refractivity contribution in [1.29, 1.82) is 0 Å². The second-order valence-corrected chi connectivity index (χ2v) is 5.92. The molecule has 1 aliphatic rings. The topological polar surface area (TPSA) is 46.5 Å². The van der Waals surface area contributed by atoms with E-state index in [1.165, 1.54) is 0 Å². The fraction of sp³-hybridized carbons (Fsp3) is 0.923. The maximum Gasteiger partial charge on any atom is 0.312 e. The maximum atomic E-state index is 11.9. The van der Waals surface area contributed by atoms with E-state index in [1.54, 1.807) is 6.92 Å². The molecule has 0 spiro atoms. The molecule has 3 nitrogen and oxygen atoms in total. The predicted octanol–water partition coefficient (Wildman–Crippen LogP) is 2.66. The van der Waals surface area contributed by atoms with Crippen LogP contribution in [0.4, 0.5) is 0 Å². The highest BCUT2D eigenvalue weighted by Crippen LogP contribution is 2.35. The van der Waals surface area contributed by atoms with E-state index in [1.807, 2.05) is 20.8 Å². The minimum Gasteiger partial charge on any atom is -0.460 e. The molecular weight excluding hydrogens is 204 g/mol. The number of hydrogen-bond acceptors (Lipinski definition) is 3. The Kier molecular flexibility index (Phi) is 4.00. The van der Waals surface area contributed by atoms with Crippen LogP contribution in [0.1, 0.15) is 59.8 Å². The van der Waals surface area contributed by atoms with Gasteiger partial charge in [-0.15, -0.1) is 0 Å². The molecule has 0 amide bonds. The van der Waals surface area contributed by atoms with Gasteiger partial charge in [0.05, 0.1) is 11.5 Å². The highest BCUT2D eigenvalue weighted by molar-refractivity contribution is 5.73. The van der Waals surface area contributed by atoms with Crippen molar-refractivity contribution in [1.82, 2.24) is 0 Å². The summed E-state index contributed by atoms with van der Waals surface area (Å²) in [4.78, 5) is 11.9. The second kappa shape index (κ2) is 4.74. The van der Waals surface area contributed by atoms with E-state index in [2.05, 4.69) is 0 Å². The second-order valence-electron chi connectivity index (χ2n) is 5.92. The molecule has 0 aliphatic heterocycles. The summed E-state index contributed by atoms with van der Waals surface area (Å²) < 4.78 is 5.32. The first-order chi connectivity index (χ1) is 7.25. The molecular formula is C13H24O3. The van der Waals surface area contributed by atoms with E-state index >= 15 is 0 Å². The smallest absolute Gasteiger partial charge is 0.312 e. The third kappa shape index (κ3) is 3.48. The van der Waals surface area contributed by atoms with E-state index < -0.39 is 17.1 Å². The highest BCUT2D eigenvalue weighted by atomic mass is 16.6. The first-order valence-electron chi connectivity index (χ1n) is 6.20. The van der Waals surface area contributed by atoms with Gasteiger partial charge in [-0.05, 0) is 40.5 Å². The quantitative estimate of drug-likeness (QED) is 0.739. The zero-order chi connectivity index (χ0) is 12.4. The fourth-order valence-corrected chi connectivity index (χ4v) is 2.21. The number of rotatable bonds is 2. The number of ether oxygens (including phenoxy) is 1. The standard InChI is InChI=1S/C13H24O3/c1-10(11(14)16-12(2,3)4)13(15)8-6-5-7-9-13/h10,15H,5-9H2,1-4H3. The zero-order valence-electron chi connectivity index (χ0n) is 10.9. The third-order valence-electron chi connectivity index (χ3n) is 3.29. The lowest BCUT2D eigenvalue weighted by Crippen LogP contribution is -2.44. The largest absolute Gasteiger partial charge is 0.460 e. The lowest BCUT2D eigenvalue weighted by Gasteiger charge is -2.37. The minimum atomic E-state index is -0.847. The minimum absolute atomic E-state index is 0.281. The van der Waals surface area contributed by atoms with E-state index in [-0.39, 0.29) is 5.97 Å². The number of esters is 1. The van der Waals surface area contributed by atoms with Gasteiger partial charge < -0.3 is 9.84 Å². The van der Waals surface area contributed by atoms with Gasteiger partial charge >= 0.3 is 5.97 Å². The molecule has 0 aromatic rings.